The van der Waals surface area contributed by atoms with Crippen LogP contribution in [0.4, 0.5) is 0 Å². The van der Waals surface area contributed by atoms with Crippen molar-refractivity contribution in [1.82, 2.24) is 0 Å². The van der Waals surface area contributed by atoms with E-state index in [0.717, 1.165) is 11.3 Å². The molecule has 0 fully saturated rings. The van der Waals surface area contributed by atoms with Gasteiger partial charge in [-0.2, -0.15) is 0 Å². The fourth-order valence-corrected chi connectivity index (χ4v) is 1.30. The average Bonchev–Trinajstić information content (AvgIpc) is 2.24. The lowest BCUT2D eigenvalue weighted by Gasteiger charge is -2.17. The number of para-hydroxylation sites is 1. The van der Waals surface area contributed by atoms with Gasteiger partial charge in [-0.15, -0.1) is 0 Å². The number of rotatable bonds is 3. The van der Waals surface area contributed by atoms with Crippen LogP contribution in [0.15, 0.2) is 30.3 Å². The summed E-state index contributed by atoms with van der Waals surface area (Å²) in [5.74, 6) is 0.371. The van der Waals surface area contributed by atoms with Crippen LogP contribution in [0, 0.1) is 0 Å². The zero-order valence-electron chi connectivity index (χ0n) is 10.7. The smallest absolute Gasteiger partial charge is 0.331 e. The lowest BCUT2D eigenvalue weighted by atomic mass is 10.2. The second-order valence-corrected chi connectivity index (χ2v) is 4.61. The van der Waals surface area contributed by atoms with E-state index in [2.05, 4.69) is 0 Å². The maximum Gasteiger partial charge on any atom is 0.331 e. The van der Waals surface area contributed by atoms with Crippen molar-refractivity contribution in [1.29, 1.82) is 0 Å². The molecule has 0 unspecified atom stereocenters. The highest BCUT2D eigenvalue weighted by atomic mass is 16.6. The standard InChI is InChI=1S/C14H18O3/c1-14(2,3)17-13(15)10-9-11-7-5-6-8-12(11)16-4/h5-10H,1-4H3/b10-9+. The van der Waals surface area contributed by atoms with Gasteiger partial charge in [0.2, 0.25) is 0 Å². The van der Waals surface area contributed by atoms with Gasteiger partial charge in [-0.1, -0.05) is 18.2 Å². The van der Waals surface area contributed by atoms with Crippen molar-refractivity contribution in [2.24, 2.45) is 0 Å². The number of carbonyl (C=O) groups is 1. The third-order valence-corrected chi connectivity index (χ3v) is 1.94. The molecule has 0 radical (unpaired) electrons. The van der Waals surface area contributed by atoms with Gasteiger partial charge in [0.15, 0.2) is 0 Å². The molecular weight excluding hydrogens is 216 g/mol. The van der Waals surface area contributed by atoms with E-state index in [1.54, 1.807) is 13.2 Å². The Labute approximate surface area is 102 Å². The molecule has 0 aliphatic rings. The highest BCUT2D eigenvalue weighted by Crippen LogP contribution is 2.18. The van der Waals surface area contributed by atoms with Crippen LogP contribution in [0.2, 0.25) is 0 Å². The molecule has 92 valence electrons. The number of carbonyl (C=O) groups excluding carboxylic acids is 1. The van der Waals surface area contributed by atoms with Crippen molar-refractivity contribution in [2.45, 2.75) is 26.4 Å². The number of ether oxygens (including phenoxy) is 2. The van der Waals surface area contributed by atoms with Crippen molar-refractivity contribution < 1.29 is 14.3 Å². The van der Waals surface area contributed by atoms with E-state index < -0.39 is 5.60 Å². The lowest BCUT2D eigenvalue weighted by molar-refractivity contribution is -0.148. The maximum absolute atomic E-state index is 11.5. The first-order valence-electron chi connectivity index (χ1n) is 5.46. The highest BCUT2D eigenvalue weighted by Gasteiger charge is 2.13. The van der Waals surface area contributed by atoms with E-state index >= 15 is 0 Å². The van der Waals surface area contributed by atoms with Gasteiger partial charge < -0.3 is 9.47 Å². The van der Waals surface area contributed by atoms with Gasteiger partial charge in [-0.3, -0.25) is 0 Å². The van der Waals surface area contributed by atoms with Crippen molar-refractivity contribution in [3.05, 3.63) is 35.9 Å². The third-order valence-electron chi connectivity index (χ3n) is 1.94. The predicted octanol–water partition coefficient (Wildman–Crippen LogP) is 3.05. The Morgan fingerprint density at radius 3 is 2.47 bits per heavy atom. The Bertz CT molecular complexity index is 414. The Balaban J connectivity index is 2.74. The summed E-state index contributed by atoms with van der Waals surface area (Å²) in [5.41, 5.74) is 0.378. The molecule has 0 aromatic heterocycles. The van der Waals surface area contributed by atoms with Gasteiger partial charge in [0.05, 0.1) is 7.11 Å². The van der Waals surface area contributed by atoms with Gasteiger partial charge in [-0.25, -0.2) is 4.79 Å². The molecule has 0 bridgehead atoms. The van der Waals surface area contributed by atoms with Crippen LogP contribution in [0.3, 0.4) is 0 Å². The summed E-state index contributed by atoms with van der Waals surface area (Å²) < 4.78 is 10.3. The first-order valence-corrected chi connectivity index (χ1v) is 5.46. The number of benzene rings is 1. The number of hydrogen-bond acceptors (Lipinski definition) is 3. The monoisotopic (exact) mass is 234 g/mol. The normalized spacial score (nSPS) is 11.5. The number of methoxy groups -OCH3 is 1. The van der Waals surface area contributed by atoms with Gasteiger partial charge in [0.1, 0.15) is 11.4 Å². The van der Waals surface area contributed by atoms with Crippen molar-refractivity contribution in [3.63, 3.8) is 0 Å². The summed E-state index contributed by atoms with van der Waals surface area (Å²) >= 11 is 0. The van der Waals surface area contributed by atoms with E-state index in [-0.39, 0.29) is 5.97 Å². The first-order chi connectivity index (χ1) is 7.92. The number of esters is 1. The van der Waals surface area contributed by atoms with Gasteiger partial charge in [-0.05, 0) is 32.9 Å². The fraction of sp³-hybridized carbons (Fsp3) is 0.357. The topological polar surface area (TPSA) is 35.5 Å². The second kappa shape index (κ2) is 5.53. The molecule has 0 amide bonds. The molecule has 3 heteroatoms. The van der Waals surface area contributed by atoms with Crippen LogP contribution in [-0.4, -0.2) is 18.7 Å². The molecule has 0 atom stereocenters. The molecule has 0 N–H and O–H groups in total. The first kappa shape index (κ1) is 13.3. The summed E-state index contributed by atoms with van der Waals surface area (Å²) in [4.78, 5) is 11.5. The van der Waals surface area contributed by atoms with E-state index in [1.165, 1.54) is 6.08 Å². The summed E-state index contributed by atoms with van der Waals surface area (Å²) in [6, 6.07) is 7.48. The second-order valence-electron chi connectivity index (χ2n) is 4.61. The summed E-state index contributed by atoms with van der Waals surface area (Å²) in [5, 5.41) is 0. The zero-order valence-corrected chi connectivity index (χ0v) is 10.7. The summed E-state index contributed by atoms with van der Waals surface area (Å²) in [6.45, 7) is 5.51. The highest BCUT2D eigenvalue weighted by molar-refractivity contribution is 5.87. The van der Waals surface area contributed by atoms with Crippen LogP contribution in [-0.2, 0) is 9.53 Å². The molecule has 0 aliphatic heterocycles. The molecule has 0 heterocycles. The van der Waals surface area contributed by atoms with Crippen molar-refractivity contribution in [2.75, 3.05) is 7.11 Å². The molecule has 3 nitrogen and oxygen atoms in total. The predicted molar refractivity (Wildman–Crippen MR) is 67.9 cm³/mol. The molecule has 17 heavy (non-hydrogen) atoms. The SMILES string of the molecule is COc1ccccc1/C=C/C(=O)OC(C)(C)C. The van der Waals surface area contributed by atoms with Crippen LogP contribution in [0.5, 0.6) is 5.75 Å². The average molecular weight is 234 g/mol. The molecule has 0 aliphatic carbocycles. The molecular formula is C14H18O3. The van der Waals surface area contributed by atoms with Crippen LogP contribution < -0.4 is 4.74 Å². The van der Waals surface area contributed by atoms with Crippen molar-refractivity contribution in [3.8, 4) is 5.75 Å². The van der Waals surface area contributed by atoms with Gasteiger partial charge in [0, 0.05) is 11.6 Å². The molecule has 1 aromatic rings. The third kappa shape index (κ3) is 4.72. The Morgan fingerprint density at radius 2 is 1.88 bits per heavy atom. The Hall–Kier alpha value is -1.77. The molecule has 0 spiro atoms. The van der Waals surface area contributed by atoms with E-state index in [4.69, 9.17) is 9.47 Å². The molecule has 1 rings (SSSR count). The van der Waals surface area contributed by atoms with Crippen LogP contribution in [0.25, 0.3) is 6.08 Å². The lowest BCUT2D eigenvalue weighted by Crippen LogP contribution is -2.22. The molecule has 1 aromatic carbocycles. The summed E-state index contributed by atoms with van der Waals surface area (Å²) in [6.07, 6.45) is 3.09. The number of hydrogen-bond donors (Lipinski definition) is 0. The zero-order chi connectivity index (χ0) is 12.9. The largest absolute Gasteiger partial charge is 0.496 e. The Morgan fingerprint density at radius 1 is 1.24 bits per heavy atom. The summed E-state index contributed by atoms with van der Waals surface area (Å²) in [7, 11) is 1.60. The van der Waals surface area contributed by atoms with E-state index in [1.807, 2.05) is 45.0 Å². The van der Waals surface area contributed by atoms with Gasteiger partial charge in [0.25, 0.3) is 0 Å². The van der Waals surface area contributed by atoms with Crippen LogP contribution >= 0.6 is 0 Å². The minimum absolute atomic E-state index is 0.358. The quantitative estimate of drug-likeness (QED) is 0.595. The maximum atomic E-state index is 11.5. The minimum Gasteiger partial charge on any atom is -0.496 e. The molecule has 0 saturated heterocycles. The van der Waals surface area contributed by atoms with Crippen molar-refractivity contribution >= 4 is 12.0 Å². The van der Waals surface area contributed by atoms with E-state index in [9.17, 15) is 4.79 Å². The van der Waals surface area contributed by atoms with Gasteiger partial charge >= 0.3 is 5.97 Å². The Kier molecular flexibility index (Phi) is 4.32. The van der Waals surface area contributed by atoms with Crippen LogP contribution in [0.1, 0.15) is 26.3 Å². The fourth-order valence-electron chi connectivity index (χ4n) is 1.30. The minimum atomic E-state index is -0.470. The molecule has 0 saturated carbocycles. The van der Waals surface area contributed by atoms with E-state index in [0.29, 0.717) is 0 Å².